The fourth-order valence-electron chi connectivity index (χ4n) is 2.14. The Bertz CT molecular complexity index is 566. The van der Waals surface area contributed by atoms with Gasteiger partial charge in [-0.25, -0.2) is 4.39 Å². The monoisotopic (exact) mass is 295 g/mol. The standard InChI is InChI=1S/C15H15ClFNO2/c1-2-3-4-9-18-14(19)12(13(16)15(18)20)10-5-7-11(17)8-6-10/h5-8H,2-4,9H2,1H3. The second kappa shape index (κ2) is 6.18. The molecule has 1 aliphatic heterocycles. The number of carbonyl (C=O) groups excluding carboxylic acids is 2. The maximum atomic E-state index is 12.9. The second-order valence-corrected chi connectivity index (χ2v) is 5.04. The molecule has 3 nitrogen and oxygen atoms in total. The van der Waals surface area contributed by atoms with Gasteiger partial charge in [0.1, 0.15) is 10.8 Å². The quantitative estimate of drug-likeness (QED) is 0.617. The Labute approximate surface area is 122 Å². The molecule has 0 spiro atoms. The largest absolute Gasteiger partial charge is 0.274 e. The van der Waals surface area contributed by atoms with Gasteiger partial charge in [0, 0.05) is 6.54 Å². The zero-order valence-corrected chi connectivity index (χ0v) is 11.9. The van der Waals surface area contributed by atoms with Crippen molar-refractivity contribution in [3.05, 3.63) is 40.7 Å². The van der Waals surface area contributed by atoms with Gasteiger partial charge in [0.2, 0.25) is 0 Å². The molecular weight excluding hydrogens is 281 g/mol. The van der Waals surface area contributed by atoms with Gasteiger partial charge in [-0.15, -0.1) is 0 Å². The Balaban J connectivity index is 2.23. The van der Waals surface area contributed by atoms with E-state index in [9.17, 15) is 14.0 Å². The van der Waals surface area contributed by atoms with E-state index < -0.39 is 17.6 Å². The van der Waals surface area contributed by atoms with E-state index in [4.69, 9.17) is 11.6 Å². The summed E-state index contributed by atoms with van der Waals surface area (Å²) < 4.78 is 12.9. The molecule has 2 rings (SSSR count). The van der Waals surface area contributed by atoms with E-state index in [2.05, 4.69) is 0 Å². The lowest BCUT2D eigenvalue weighted by Gasteiger charge is -2.14. The number of amides is 2. The minimum atomic E-state index is -0.466. The van der Waals surface area contributed by atoms with Crippen molar-refractivity contribution < 1.29 is 14.0 Å². The maximum Gasteiger partial charge on any atom is 0.273 e. The normalized spacial score (nSPS) is 15.4. The van der Waals surface area contributed by atoms with Gasteiger partial charge in [-0.1, -0.05) is 43.5 Å². The Morgan fingerprint density at radius 2 is 1.75 bits per heavy atom. The molecule has 0 radical (unpaired) electrons. The average molecular weight is 296 g/mol. The summed E-state index contributed by atoms with van der Waals surface area (Å²) in [7, 11) is 0. The number of hydrogen-bond donors (Lipinski definition) is 0. The van der Waals surface area contributed by atoms with Crippen LogP contribution in [0.5, 0.6) is 0 Å². The van der Waals surface area contributed by atoms with Gasteiger partial charge in [-0.2, -0.15) is 0 Å². The van der Waals surface area contributed by atoms with Gasteiger partial charge in [-0.05, 0) is 24.1 Å². The number of hydrogen-bond acceptors (Lipinski definition) is 2. The molecule has 0 fully saturated rings. The van der Waals surface area contributed by atoms with Crippen LogP contribution in [0.2, 0.25) is 0 Å². The molecule has 1 heterocycles. The van der Waals surface area contributed by atoms with Crippen molar-refractivity contribution in [3.8, 4) is 0 Å². The molecule has 0 bridgehead atoms. The van der Waals surface area contributed by atoms with Crippen LogP contribution in [0.3, 0.4) is 0 Å². The van der Waals surface area contributed by atoms with Crippen LogP contribution in [0.4, 0.5) is 4.39 Å². The molecule has 0 saturated heterocycles. The van der Waals surface area contributed by atoms with Crippen molar-refractivity contribution in [2.75, 3.05) is 6.54 Å². The smallest absolute Gasteiger partial charge is 0.273 e. The van der Waals surface area contributed by atoms with Gasteiger partial charge in [0.25, 0.3) is 11.8 Å². The van der Waals surface area contributed by atoms with E-state index in [0.29, 0.717) is 12.1 Å². The Morgan fingerprint density at radius 3 is 2.35 bits per heavy atom. The Kier molecular flexibility index (Phi) is 4.55. The molecule has 1 aromatic carbocycles. The van der Waals surface area contributed by atoms with Crippen LogP contribution in [0.25, 0.3) is 5.57 Å². The fourth-order valence-corrected chi connectivity index (χ4v) is 2.43. The van der Waals surface area contributed by atoms with E-state index in [1.54, 1.807) is 0 Å². The van der Waals surface area contributed by atoms with Crippen molar-refractivity contribution in [2.24, 2.45) is 0 Å². The number of benzene rings is 1. The molecule has 5 heteroatoms. The third-order valence-corrected chi connectivity index (χ3v) is 3.58. The molecule has 1 aromatic rings. The first-order valence-electron chi connectivity index (χ1n) is 6.58. The highest BCUT2D eigenvalue weighted by Gasteiger charge is 2.37. The zero-order valence-electron chi connectivity index (χ0n) is 11.2. The van der Waals surface area contributed by atoms with Gasteiger partial charge in [0.15, 0.2) is 0 Å². The van der Waals surface area contributed by atoms with Crippen LogP contribution >= 0.6 is 11.6 Å². The molecule has 1 aliphatic rings. The van der Waals surface area contributed by atoms with Crippen molar-refractivity contribution in [1.82, 2.24) is 4.90 Å². The van der Waals surface area contributed by atoms with E-state index in [1.807, 2.05) is 6.92 Å². The van der Waals surface area contributed by atoms with Crippen molar-refractivity contribution in [1.29, 1.82) is 0 Å². The summed E-state index contributed by atoms with van der Waals surface area (Å²) in [6, 6.07) is 5.38. The van der Waals surface area contributed by atoms with Gasteiger partial charge in [0.05, 0.1) is 5.57 Å². The van der Waals surface area contributed by atoms with Crippen LogP contribution in [0, 0.1) is 5.82 Å². The van der Waals surface area contributed by atoms with E-state index in [0.717, 1.165) is 24.2 Å². The number of carbonyl (C=O) groups is 2. The molecule has 0 atom stereocenters. The first-order valence-corrected chi connectivity index (χ1v) is 6.96. The molecule has 0 N–H and O–H groups in total. The number of unbranched alkanes of at least 4 members (excludes halogenated alkanes) is 2. The highest BCUT2D eigenvalue weighted by Crippen LogP contribution is 2.31. The number of imide groups is 1. The maximum absolute atomic E-state index is 12.9. The van der Waals surface area contributed by atoms with E-state index >= 15 is 0 Å². The van der Waals surface area contributed by atoms with E-state index in [1.165, 1.54) is 24.3 Å². The first-order chi connectivity index (χ1) is 9.56. The fraction of sp³-hybridized carbons (Fsp3) is 0.333. The lowest BCUT2D eigenvalue weighted by Crippen LogP contribution is -2.32. The third kappa shape index (κ3) is 2.75. The van der Waals surface area contributed by atoms with Gasteiger partial charge < -0.3 is 0 Å². The topological polar surface area (TPSA) is 37.4 Å². The number of nitrogens with zero attached hydrogens (tertiary/aromatic N) is 1. The summed E-state index contributed by atoms with van der Waals surface area (Å²) in [6.45, 7) is 2.41. The molecule has 106 valence electrons. The second-order valence-electron chi connectivity index (χ2n) is 4.66. The number of halogens is 2. The van der Waals surface area contributed by atoms with Crippen LogP contribution in [-0.4, -0.2) is 23.3 Å². The summed E-state index contributed by atoms with van der Waals surface area (Å²) in [5.41, 5.74) is 0.626. The lowest BCUT2D eigenvalue weighted by atomic mass is 10.1. The third-order valence-electron chi connectivity index (χ3n) is 3.23. The minimum absolute atomic E-state index is 0.0851. The molecule has 0 unspecified atom stereocenters. The summed E-state index contributed by atoms with van der Waals surface area (Å²) in [4.78, 5) is 25.4. The van der Waals surface area contributed by atoms with E-state index in [-0.39, 0.29) is 10.6 Å². The van der Waals surface area contributed by atoms with Gasteiger partial charge in [-0.3, -0.25) is 14.5 Å². The summed E-state index contributed by atoms with van der Waals surface area (Å²) in [5.74, 6) is -1.27. The average Bonchev–Trinajstić information content (AvgIpc) is 2.64. The first kappa shape index (κ1) is 14.7. The summed E-state index contributed by atoms with van der Waals surface area (Å²) >= 11 is 5.98. The molecular formula is C15H15ClFNO2. The van der Waals surface area contributed by atoms with Crippen molar-refractivity contribution >= 4 is 29.0 Å². The zero-order chi connectivity index (χ0) is 14.7. The van der Waals surface area contributed by atoms with Crippen LogP contribution in [-0.2, 0) is 9.59 Å². The summed E-state index contributed by atoms with van der Waals surface area (Å²) in [5, 5.41) is -0.0851. The Hall–Kier alpha value is -1.68. The van der Waals surface area contributed by atoms with Crippen molar-refractivity contribution in [2.45, 2.75) is 26.2 Å². The van der Waals surface area contributed by atoms with Crippen LogP contribution < -0.4 is 0 Å². The molecule has 20 heavy (non-hydrogen) atoms. The number of rotatable bonds is 5. The lowest BCUT2D eigenvalue weighted by molar-refractivity contribution is -0.136. The summed E-state index contributed by atoms with van der Waals surface area (Å²) in [6.07, 6.45) is 2.71. The SMILES string of the molecule is CCCCCN1C(=O)C(Cl)=C(c2ccc(F)cc2)C1=O. The highest BCUT2D eigenvalue weighted by atomic mass is 35.5. The molecule has 0 aliphatic carbocycles. The van der Waals surface area contributed by atoms with Crippen molar-refractivity contribution in [3.63, 3.8) is 0 Å². The molecule has 0 aromatic heterocycles. The predicted molar refractivity (Wildman–Crippen MR) is 75.4 cm³/mol. The van der Waals surface area contributed by atoms with Crippen LogP contribution in [0.1, 0.15) is 31.7 Å². The molecule has 0 saturated carbocycles. The highest BCUT2D eigenvalue weighted by molar-refractivity contribution is 6.55. The van der Waals surface area contributed by atoms with Crippen LogP contribution in [0.15, 0.2) is 29.3 Å². The minimum Gasteiger partial charge on any atom is -0.274 e. The molecule has 2 amide bonds. The van der Waals surface area contributed by atoms with Gasteiger partial charge >= 0.3 is 0 Å². The predicted octanol–water partition coefficient (Wildman–Crippen LogP) is 3.33. The Morgan fingerprint density at radius 1 is 1.10 bits per heavy atom.